The van der Waals surface area contributed by atoms with Crippen molar-refractivity contribution >= 4 is 15.8 Å². The molecule has 0 unspecified atom stereocenters. The Kier molecular flexibility index (Phi) is 2.49. The molecular weight excluding hydrogens is 166 g/mol. The molecule has 1 aliphatic rings. The first kappa shape index (κ1) is 8.52. The molecule has 0 saturated carbocycles. The van der Waals surface area contributed by atoms with Gasteiger partial charge in [0.2, 0.25) is 0 Å². The third kappa shape index (κ3) is 2.18. The quantitative estimate of drug-likeness (QED) is 0.555. The van der Waals surface area contributed by atoms with Crippen molar-refractivity contribution in [2.45, 2.75) is 12.8 Å². The molecule has 1 aliphatic heterocycles. The molecule has 0 aromatic heterocycles. The Morgan fingerprint density at radius 1 is 1.45 bits per heavy atom. The van der Waals surface area contributed by atoms with Crippen molar-refractivity contribution in [3.8, 4) is 0 Å². The fraction of sp³-hybridized carbons (Fsp3) is 0.833. The summed E-state index contributed by atoms with van der Waals surface area (Å²) < 4.78 is 19.3. The fourth-order valence-corrected chi connectivity index (χ4v) is 3.06. The summed E-state index contributed by atoms with van der Waals surface area (Å²) in [7, 11) is -0.975. The maximum atomic E-state index is 11.5. The maximum Gasteiger partial charge on any atom is 0.441 e. The number of hydrogen-bond donors (Lipinski definition) is 0. The standard InChI is InChI=1S/C6H11NO3S/c1-10-6(8)7-11(9)4-2-3-5-11/h2-5H2,1H3. The first-order valence-electron chi connectivity index (χ1n) is 3.47. The largest absolute Gasteiger partial charge is 0.451 e. The molecule has 4 nitrogen and oxygen atoms in total. The molecule has 1 fully saturated rings. The summed E-state index contributed by atoms with van der Waals surface area (Å²) in [5, 5.41) is 0. The molecule has 11 heavy (non-hydrogen) atoms. The Balaban J connectivity index is 2.78. The van der Waals surface area contributed by atoms with Crippen molar-refractivity contribution in [2.75, 3.05) is 18.6 Å². The molecule has 64 valence electrons. The highest BCUT2D eigenvalue weighted by atomic mass is 32.2. The minimum Gasteiger partial charge on any atom is -0.451 e. The average molecular weight is 177 g/mol. The second kappa shape index (κ2) is 3.21. The molecule has 0 atom stereocenters. The van der Waals surface area contributed by atoms with Crippen LogP contribution in [0.25, 0.3) is 0 Å². The Hall–Kier alpha value is -0.580. The number of rotatable bonds is 0. The van der Waals surface area contributed by atoms with E-state index in [4.69, 9.17) is 0 Å². The zero-order chi connectivity index (χ0) is 8.32. The number of hydrogen-bond acceptors (Lipinski definition) is 3. The molecule has 0 spiro atoms. The van der Waals surface area contributed by atoms with E-state index in [2.05, 4.69) is 9.10 Å². The van der Waals surface area contributed by atoms with Gasteiger partial charge in [0.25, 0.3) is 0 Å². The van der Waals surface area contributed by atoms with Crippen LogP contribution in [0.3, 0.4) is 0 Å². The number of amides is 1. The van der Waals surface area contributed by atoms with Crippen molar-refractivity contribution in [3.05, 3.63) is 0 Å². The maximum absolute atomic E-state index is 11.5. The van der Waals surface area contributed by atoms with Crippen molar-refractivity contribution in [1.82, 2.24) is 0 Å². The second-order valence-corrected chi connectivity index (χ2v) is 4.99. The normalized spacial score (nSPS) is 21.2. The van der Waals surface area contributed by atoms with Gasteiger partial charge in [-0.15, -0.1) is 4.36 Å². The second-order valence-electron chi connectivity index (χ2n) is 2.45. The molecule has 0 aromatic rings. The number of nitrogens with zero attached hydrogens (tertiary/aromatic N) is 1. The van der Waals surface area contributed by atoms with Gasteiger partial charge < -0.3 is 4.74 Å². The van der Waals surface area contributed by atoms with Gasteiger partial charge in [0.05, 0.1) is 16.8 Å². The van der Waals surface area contributed by atoms with Crippen LogP contribution in [-0.2, 0) is 14.5 Å². The summed E-state index contributed by atoms with van der Waals surface area (Å²) in [6, 6.07) is 0. The highest BCUT2D eigenvalue weighted by Gasteiger charge is 2.17. The highest BCUT2D eigenvalue weighted by Crippen LogP contribution is 2.13. The van der Waals surface area contributed by atoms with Gasteiger partial charge in [-0.25, -0.2) is 9.00 Å². The molecule has 1 saturated heterocycles. The van der Waals surface area contributed by atoms with Crippen molar-refractivity contribution in [1.29, 1.82) is 0 Å². The van der Waals surface area contributed by atoms with Gasteiger partial charge in [-0.05, 0) is 12.8 Å². The molecule has 1 amide bonds. The summed E-state index contributed by atoms with van der Waals surface area (Å²) in [6.07, 6.45) is 1.09. The summed E-state index contributed by atoms with van der Waals surface area (Å²) in [6.45, 7) is 0. The van der Waals surface area contributed by atoms with Gasteiger partial charge in [-0.1, -0.05) is 0 Å². The van der Waals surface area contributed by atoms with Gasteiger partial charge in [0.15, 0.2) is 0 Å². The van der Waals surface area contributed by atoms with E-state index in [-0.39, 0.29) is 0 Å². The van der Waals surface area contributed by atoms with E-state index in [0.29, 0.717) is 11.5 Å². The van der Waals surface area contributed by atoms with Crippen LogP contribution in [-0.4, -0.2) is 28.9 Å². The van der Waals surface area contributed by atoms with Gasteiger partial charge in [-0.3, -0.25) is 0 Å². The fourth-order valence-electron chi connectivity index (χ4n) is 1.02. The van der Waals surface area contributed by atoms with E-state index in [1.54, 1.807) is 0 Å². The average Bonchev–Trinajstić information content (AvgIpc) is 2.36. The van der Waals surface area contributed by atoms with E-state index in [1.165, 1.54) is 7.11 Å². The molecule has 5 heteroatoms. The third-order valence-electron chi connectivity index (χ3n) is 1.59. The summed E-state index contributed by atoms with van der Waals surface area (Å²) in [4.78, 5) is 10.6. The van der Waals surface area contributed by atoms with Gasteiger partial charge >= 0.3 is 6.09 Å². The lowest BCUT2D eigenvalue weighted by molar-refractivity contribution is 0.183. The van der Waals surface area contributed by atoms with E-state index in [1.807, 2.05) is 0 Å². The van der Waals surface area contributed by atoms with E-state index >= 15 is 0 Å². The monoisotopic (exact) mass is 177 g/mol. The minimum atomic E-state index is -2.21. The van der Waals surface area contributed by atoms with Crippen LogP contribution in [0.1, 0.15) is 12.8 Å². The van der Waals surface area contributed by atoms with Gasteiger partial charge in [-0.2, -0.15) is 0 Å². The Morgan fingerprint density at radius 2 is 2.00 bits per heavy atom. The van der Waals surface area contributed by atoms with E-state index in [0.717, 1.165) is 12.8 Å². The lowest BCUT2D eigenvalue weighted by Crippen LogP contribution is -2.05. The molecular formula is C6H11NO3S. The number of methoxy groups -OCH3 is 1. The number of ether oxygens (including phenoxy) is 1. The predicted molar refractivity (Wildman–Crippen MR) is 41.9 cm³/mol. The highest BCUT2D eigenvalue weighted by molar-refractivity contribution is 7.94. The topological polar surface area (TPSA) is 55.7 Å². The molecule has 1 heterocycles. The van der Waals surface area contributed by atoms with Crippen molar-refractivity contribution < 1.29 is 13.7 Å². The van der Waals surface area contributed by atoms with Crippen LogP contribution in [0.4, 0.5) is 4.79 Å². The summed E-state index contributed by atoms with van der Waals surface area (Å²) >= 11 is 0. The zero-order valence-electron chi connectivity index (χ0n) is 6.41. The van der Waals surface area contributed by atoms with Gasteiger partial charge in [0, 0.05) is 11.5 Å². The van der Waals surface area contributed by atoms with Crippen LogP contribution in [0.15, 0.2) is 4.36 Å². The minimum absolute atomic E-state index is 0.544. The first-order chi connectivity index (χ1) is 5.16. The number of carbonyl (C=O) groups is 1. The summed E-state index contributed by atoms with van der Waals surface area (Å²) in [5.41, 5.74) is 0. The smallest absolute Gasteiger partial charge is 0.441 e. The van der Waals surface area contributed by atoms with Gasteiger partial charge in [0.1, 0.15) is 0 Å². The van der Waals surface area contributed by atoms with Crippen LogP contribution in [0.5, 0.6) is 0 Å². The molecule has 0 bridgehead atoms. The van der Waals surface area contributed by atoms with Crippen LogP contribution in [0.2, 0.25) is 0 Å². The first-order valence-corrected chi connectivity index (χ1v) is 5.32. The summed E-state index contributed by atoms with van der Waals surface area (Å²) in [5.74, 6) is 1.09. The molecule has 0 aromatic carbocycles. The Labute approximate surface area is 66.1 Å². The van der Waals surface area contributed by atoms with E-state index < -0.39 is 15.8 Å². The molecule has 0 aliphatic carbocycles. The SMILES string of the molecule is COC(=O)N=S1(=O)CCCC1. The molecule has 1 rings (SSSR count). The Morgan fingerprint density at radius 3 is 2.45 bits per heavy atom. The van der Waals surface area contributed by atoms with E-state index in [9.17, 15) is 9.00 Å². The molecule has 0 N–H and O–H groups in total. The molecule has 0 radical (unpaired) electrons. The lowest BCUT2D eigenvalue weighted by atomic mass is 10.4. The van der Waals surface area contributed by atoms with Crippen molar-refractivity contribution in [3.63, 3.8) is 0 Å². The van der Waals surface area contributed by atoms with Crippen LogP contribution >= 0.6 is 0 Å². The number of carbonyl (C=O) groups excluding carboxylic acids is 1. The zero-order valence-corrected chi connectivity index (χ0v) is 7.23. The lowest BCUT2D eigenvalue weighted by Gasteiger charge is -1.96. The third-order valence-corrected chi connectivity index (χ3v) is 3.93. The predicted octanol–water partition coefficient (Wildman–Crippen LogP) is 1.01. The Bertz CT molecular complexity index is 253. The van der Waals surface area contributed by atoms with Crippen LogP contribution in [0, 0.1) is 0 Å². The van der Waals surface area contributed by atoms with Crippen molar-refractivity contribution in [2.24, 2.45) is 4.36 Å². The van der Waals surface area contributed by atoms with Crippen LogP contribution < -0.4 is 0 Å².